The van der Waals surface area contributed by atoms with Gasteiger partial charge in [0.2, 0.25) is 5.89 Å². The lowest BCUT2D eigenvalue weighted by Gasteiger charge is -1.99. The maximum atomic E-state index is 5.40. The molecule has 72 valence electrons. The van der Waals surface area contributed by atoms with Gasteiger partial charge in [-0.05, 0) is 12.8 Å². The molecule has 4 nitrogen and oxygen atoms in total. The van der Waals surface area contributed by atoms with Gasteiger partial charge in [-0.25, -0.2) is 0 Å². The zero-order valence-electron chi connectivity index (χ0n) is 7.70. The van der Waals surface area contributed by atoms with Gasteiger partial charge < -0.3 is 10.3 Å². The smallest absolute Gasteiger partial charge is 0.227 e. The maximum absolute atomic E-state index is 5.40. The Morgan fingerprint density at radius 1 is 1.38 bits per heavy atom. The van der Waals surface area contributed by atoms with Crippen LogP contribution in [-0.4, -0.2) is 16.7 Å². The predicted molar refractivity (Wildman–Crippen MR) is 48.3 cm³/mol. The number of aromatic nitrogens is 2. The van der Waals surface area contributed by atoms with E-state index >= 15 is 0 Å². The zero-order valence-corrected chi connectivity index (χ0v) is 7.70. The standard InChI is InChI=1S/C9H15N3O/c10-6-5-8-11-9(12-13-8)7-3-1-2-4-7/h7H,1-6,10H2. The third-order valence-corrected chi connectivity index (χ3v) is 2.56. The molecule has 0 amide bonds. The SMILES string of the molecule is NCCc1nc(C2CCCC2)no1. The van der Waals surface area contributed by atoms with Gasteiger partial charge in [0.15, 0.2) is 5.82 Å². The molecule has 1 fully saturated rings. The molecule has 1 aromatic rings. The maximum Gasteiger partial charge on any atom is 0.227 e. The average Bonchev–Trinajstić information content (AvgIpc) is 2.70. The van der Waals surface area contributed by atoms with Crippen LogP contribution in [0.15, 0.2) is 4.52 Å². The fourth-order valence-corrected chi connectivity index (χ4v) is 1.84. The van der Waals surface area contributed by atoms with Crippen LogP contribution >= 0.6 is 0 Å². The van der Waals surface area contributed by atoms with Gasteiger partial charge in [0.05, 0.1) is 0 Å². The van der Waals surface area contributed by atoms with Crippen LogP contribution < -0.4 is 5.73 Å². The van der Waals surface area contributed by atoms with Crippen molar-refractivity contribution in [2.45, 2.75) is 38.0 Å². The number of hydrogen-bond donors (Lipinski definition) is 1. The first kappa shape index (κ1) is 8.69. The van der Waals surface area contributed by atoms with Gasteiger partial charge in [0.1, 0.15) is 0 Å². The molecule has 0 saturated heterocycles. The first-order valence-electron chi connectivity index (χ1n) is 4.92. The highest BCUT2D eigenvalue weighted by Gasteiger charge is 2.21. The highest BCUT2D eigenvalue weighted by molar-refractivity contribution is 4.97. The third kappa shape index (κ3) is 1.88. The third-order valence-electron chi connectivity index (χ3n) is 2.56. The minimum absolute atomic E-state index is 0.537. The topological polar surface area (TPSA) is 64.9 Å². The summed E-state index contributed by atoms with van der Waals surface area (Å²) in [7, 11) is 0. The Balaban J connectivity index is 2.03. The molecule has 1 saturated carbocycles. The molecule has 2 N–H and O–H groups in total. The second-order valence-corrected chi connectivity index (χ2v) is 3.57. The van der Waals surface area contributed by atoms with Crippen molar-refractivity contribution in [3.05, 3.63) is 11.7 Å². The Morgan fingerprint density at radius 3 is 2.85 bits per heavy atom. The van der Waals surface area contributed by atoms with Gasteiger partial charge in [0, 0.05) is 18.9 Å². The van der Waals surface area contributed by atoms with Gasteiger partial charge >= 0.3 is 0 Å². The molecule has 0 unspecified atom stereocenters. The Morgan fingerprint density at radius 2 is 2.15 bits per heavy atom. The van der Waals surface area contributed by atoms with Gasteiger partial charge in [-0.15, -0.1) is 0 Å². The molecule has 1 aliphatic carbocycles. The molecule has 0 radical (unpaired) electrons. The molecule has 0 bridgehead atoms. The van der Waals surface area contributed by atoms with E-state index in [0.29, 0.717) is 24.8 Å². The predicted octanol–water partition coefficient (Wildman–Crippen LogP) is 1.23. The molecule has 0 aromatic carbocycles. The van der Waals surface area contributed by atoms with Crippen LogP contribution in [0.4, 0.5) is 0 Å². The van der Waals surface area contributed by atoms with Crippen LogP contribution in [0.25, 0.3) is 0 Å². The van der Waals surface area contributed by atoms with Crippen LogP contribution in [0.3, 0.4) is 0 Å². The summed E-state index contributed by atoms with van der Waals surface area (Å²) >= 11 is 0. The van der Waals surface area contributed by atoms with E-state index in [1.807, 2.05) is 0 Å². The molecule has 2 rings (SSSR count). The normalized spacial score (nSPS) is 18.2. The number of nitrogens with two attached hydrogens (primary N) is 1. The zero-order chi connectivity index (χ0) is 9.10. The highest BCUT2D eigenvalue weighted by Crippen LogP contribution is 2.32. The summed E-state index contributed by atoms with van der Waals surface area (Å²) in [4.78, 5) is 4.32. The lowest BCUT2D eigenvalue weighted by atomic mass is 10.1. The summed E-state index contributed by atoms with van der Waals surface area (Å²) in [6.07, 6.45) is 5.71. The van der Waals surface area contributed by atoms with E-state index in [4.69, 9.17) is 10.3 Å². The molecule has 13 heavy (non-hydrogen) atoms. The van der Waals surface area contributed by atoms with Crippen molar-refractivity contribution >= 4 is 0 Å². The number of hydrogen-bond acceptors (Lipinski definition) is 4. The molecular formula is C9H15N3O. The Kier molecular flexibility index (Phi) is 2.59. The number of nitrogens with zero attached hydrogens (tertiary/aromatic N) is 2. The molecule has 0 aliphatic heterocycles. The van der Waals surface area contributed by atoms with E-state index in [-0.39, 0.29) is 0 Å². The molecule has 0 atom stereocenters. The van der Waals surface area contributed by atoms with Crippen molar-refractivity contribution in [1.29, 1.82) is 0 Å². The quantitative estimate of drug-likeness (QED) is 0.761. The van der Waals surface area contributed by atoms with Crippen LogP contribution in [0.5, 0.6) is 0 Å². The van der Waals surface area contributed by atoms with Crippen LogP contribution in [-0.2, 0) is 6.42 Å². The van der Waals surface area contributed by atoms with Crippen LogP contribution in [0, 0.1) is 0 Å². The second kappa shape index (κ2) is 3.87. The minimum atomic E-state index is 0.537. The Hall–Kier alpha value is -0.900. The van der Waals surface area contributed by atoms with Crippen molar-refractivity contribution < 1.29 is 4.52 Å². The van der Waals surface area contributed by atoms with Crippen molar-refractivity contribution in [1.82, 2.24) is 10.1 Å². The summed E-state index contributed by atoms with van der Waals surface area (Å²) in [5.74, 6) is 2.11. The van der Waals surface area contributed by atoms with Crippen LogP contribution in [0.2, 0.25) is 0 Å². The van der Waals surface area contributed by atoms with Gasteiger partial charge in [0.25, 0.3) is 0 Å². The van der Waals surface area contributed by atoms with E-state index in [1.54, 1.807) is 0 Å². The first-order chi connectivity index (χ1) is 6.40. The Labute approximate surface area is 77.5 Å². The molecular weight excluding hydrogens is 166 g/mol. The van der Waals surface area contributed by atoms with Crippen molar-refractivity contribution in [2.24, 2.45) is 5.73 Å². The van der Waals surface area contributed by atoms with E-state index in [2.05, 4.69) is 10.1 Å². The lowest BCUT2D eigenvalue weighted by Crippen LogP contribution is -2.03. The minimum Gasteiger partial charge on any atom is -0.339 e. The second-order valence-electron chi connectivity index (χ2n) is 3.57. The summed E-state index contributed by atoms with van der Waals surface area (Å²) < 4.78 is 5.08. The van der Waals surface area contributed by atoms with Crippen molar-refractivity contribution in [3.8, 4) is 0 Å². The van der Waals surface area contributed by atoms with Crippen LogP contribution in [0.1, 0.15) is 43.3 Å². The summed E-state index contributed by atoms with van der Waals surface area (Å²) in [6, 6.07) is 0. The monoisotopic (exact) mass is 181 g/mol. The molecule has 1 aromatic heterocycles. The summed E-state index contributed by atoms with van der Waals surface area (Å²) in [6.45, 7) is 0.576. The van der Waals surface area contributed by atoms with E-state index in [1.165, 1.54) is 25.7 Å². The fraction of sp³-hybridized carbons (Fsp3) is 0.778. The van der Waals surface area contributed by atoms with Gasteiger partial charge in [-0.3, -0.25) is 0 Å². The molecule has 1 aliphatic rings. The van der Waals surface area contributed by atoms with Crippen molar-refractivity contribution in [3.63, 3.8) is 0 Å². The largest absolute Gasteiger partial charge is 0.339 e. The van der Waals surface area contributed by atoms with E-state index < -0.39 is 0 Å². The van der Waals surface area contributed by atoms with E-state index in [9.17, 15) is 0 Å². The van der Waals surface area contributed by atoms with Gasteiger partial charge in [-0.2, -0.15) is 4.98 Å². The highest BCUT2D eigenvalue weighted by atomic mass is 16.5. The average molecular weight is 181 g/mol. The molecule has 4 heteroatoms. The first-order valence-corrected chi connectivity index (χ1v) is 4.92. The molecule has 1 heterocycles. The number of rotatable bonds is 3. The Bertz CT molecular complexity index is 266. The fourth-order valence-electron chi connectivity index (χ4n) is 1.84. The van der Waals surface area contributed by atoms with Gasteiger partial charge in [-0.1, -0.05) is 18.0 Å². The molecule has 0 spiro atoms. The van der Waals surface area contributed by atoms with E-state index in [0.717, 1.165) is 5.82 Å². The summed E-state index contributed by atoms with van der Waals surface area (Å²) in [5.41, 5.74) is 5.40. The summed E-state index contributed by atoms with van der Waals surface area (Å²) in [5, 5.41) is 3.98. The lowest BCUT2D eigenvalue weighted by molar-refractivity contribution is 0.371. The van der Waals surface area contributed by atoms with Crippen molar-refractivity contribution in [2.75, 3.05) is 6.54 Å².